The van der Waals surface area contributed by atoms with E-state index in [4.69, 9.17) is 9.31 Å². The molecule has 7 heteroatoms. The van der Waals surface area contributed by atoms with Crippen molar-refractivity contribution >= 4 is 22.4 Å². The van der Waals surface area contributed by atoms with Crippen molar-refractivity contribution in [1.82, 2.24) is 4.98 Å². The molecule has 1 aromatic heterocycles. The molecule has 0 amide bonds. The molecular weight excluding hydrogens is 277 g/mol. The third kappa shape index (κ3) is 2.62. The molecule has 1 aromatic rings. The van der Waals surface area contributed by atoms with E-state index in [0.717, 1.165) is 0 Å². The minimum absolute atomic E-state index is 0.213. The lowest BCUT2D eigenvalue weighted by Crippen LogP contribution is -2.41. The van der Waals surface area contributed by atoms with Gasteiger partial charge in [0.15, 0.2) is 9.84 Å². The molecular formula is C13H20BNO4S. The summed E-state index contributed by atoms with van der Waals surface area (Å²) in [6.07, 6.45) is 2.77. The van der Waals surface area contributed by atoms with E-state index in [2.05, 4.69) is 4.98 Å². The second-order valence-corrected chi connectivity index (χ2v) is 8.20. The Morgan fingerprint density at radius 2 is 1.65 bits per heavy atom. The Balaban J connectivity index is 2.42. The lowest BCUT2D eigenvalue weighted by Gasteiger charge is -2.32. The Morgan fingerprint density at radius 3 is 2.10 bits per heavy atom. The minimum Gasteiger partial charge on any atom is -0.399 e. The minimum atomic E-state index is -3.32. The summed E-state index contributed by atoms with van der Waals surface area (Å²) in [6, 6.07) is 1.58. The number of hydrogen-bond acceptors (Lipinski definition) is 5. The average molecular weight is 297 g/mol. The van der Waals surface area contributed by atoms with E-state index < -0.39 is 28.2 Å². The highest BCUT2D eigenvalue weighted by Gasteiger charge is 2.51. The summed E-state index contributed by atoms with van der Waals surface area (Å²) in [6.45, 7) is 9.47. The maximum Gasteiger partial charge on any atom is 0.496 e. The second kappa shape index (κ2) is 4.54. The highest BCUT2D eigenvalue weighted by molar-refractivity contribution is 7.90. The summed E-state index contributed by atoms with van der Waals surface area (Å²) in [5, 5.41) is 0. The van der Waals surface area contributed by atoms with Crippen LogP contribution in [0, 0.1) is 6.92 Å². The Hall–Kier alpha value is -0.915. The largest absolute Gasteiger partial charge is 0.496 e. The molecule has 2 heterocycles. The van der Waals surface area contributed by atoms with E-state index in [1.807, 2.05) is 27.7 Å². The van der Waals surface area contributed by atoms with Gasteiger partial charge < -0.3 is 9.31 Å². The van der Waals surface area contributed by atoms with E-state index in [-0.39, 0.29) is 4.90 Å². The molecule has 1 aliphatic heterocycles. The molecule has 110 valence electrons. The van der Waals surface area contributed by atoms with Crippen molar-refractivity contribution in [3.8, 4) is 0 Å². The van der Waals surface area contributed by atoms with E-state index in [0.29, 0.717) is 11.2 Å². The molecule has 2 rings (SSSR count). The van der Waals surface area contributed by atoms with E-state index >= 15 is 0 Å². The number of hydrogen-bond donors (Lipinski definition) is 0. The van der Waals surface area contributed by atoms with Crippen LogP contribution >= 0.6 is 0 Å². The molecule has 0 spiro atoms. The molecule has 5 nitrogen and oxygen atoms in total. The van der Waals surface area contributed by atoms with Gasteiger partial charge in [0, 0.05) is 17.9 Å². The lowest BCUT2D eigenvalue weighted by atomic mass is 9.80. The SMILES string of the molecule is Cc1ncc(B2OC(C)(C)C(C)(C)O2)cc1S(C)(=O)=O. The number of rotatable bonds is 2. The van der Waals surface area contributed by atoms with Crippen molar-refractivity contribution in [2.24, 2.45) is 0 Å². The molecule has 20 heavy (non-hydrogen) atoms. The summed E-state index contributed by atoms with van der Waals surface area (Å²) in [7, 11) is -3.92. The molecule has 1 saturated heterocycles. The second-order valence-electron chi connectivity index (χ2n) is 6.21. The van der Waals surface area contributed by atoms with Gasteiger partial charge in [-0.3, -0.25) is 4.98 Å². The van der Waals surface area contributed by atoms with Crippen LogP contribution in [-0.2, 0) is 19.1 Å². The molecule has 0 atom stereocenters. The lowest BCUT2D eigenvalue weighted by molar-refractivity contribution is 0.00578. The smallest absolute Gasteiger partial charge is 0.399 e. The van der Waals surface area contributed by atoms with Crippen LogP contribution in [-0.4, -0.2) is 38.0 Å². The fourth-order valence-corrected chi connectivity index (χ4v) is 2.95. The highest BCUT2D eigenvalue weighted by Crippen LogP contribution is 2.36. The van der Waals surface area contributed by atoms with E-state index in [9.17, 15) is 8.42 Å². The number of aryl methyl sites for hydroxylation is 1. The summed E-state index contributed by atoms with van der Waals surface area (Å²) in [5.41, 5.74) is 0.171. The van der Waals surface area contributed by atoms with Gasteiger partial charge in [-0.25, -0.2) is 8.42 Å². The van der Waals surface area contributed by atoms with E-state index in [1.165, 1.54) is 6.26 Å². The Kier molecular flexibility index (Phi) is 3.52. The van der Waals surface area contributed by atoms with Gasteiger partial charge >= 0.3 is 7.12 Å². The number of aromatic nitrogens is 1. The van der Waals surface area contributed by atoms with Gasteiger partial charge in [0.05, 0.1) is 21.8 Å². The van der Waals surface area contributed by atoms with Crippen molar-refractivity contribution in [3.63, 3.8) is 0 Å². The van der Waals surface area contributed by atoms with Crippen LogP contribution in [0.1, 0.15) is 33.4 Å². The van der Waals surface area contributed by atoms with Crippen LogP contribution in [0.2, 0.25) is 0 Å². The van der Waals surface area contributed by atoms with Crippen molar-refractivity contribution < 1.29 is 17.7 Å². The predicted molar refractivity (Wildman–Crippen MR) is 77.8 cm³/mol. The molecule has 0 aliphatic carbocycles. The number of nitrogens with zero attached hydrogens (tertiary/aromatic N) is 1. The standard InChI is InChI=1S/C13H20BNO4S/c1-9-11(20(6,16)17)7-10(8-15-9)14-18-12(2,3)13(4,5)19-14/h7-8H,1-6H3. The normalized spacial score (nSPS) is 21.2. The van der Waals surface area contributed by atoms with Crippen molar-refractivity contribution in [1.29, 1.82) is 0 Å². The average Bonchev–Trinajstić information content (AvgIpc) is 2.47. The van der Waals surface area contributed by atoms with Crippen LogP contribution in [0.15, 0.2) is 17.2 Å². The zero-order chi connectivity index (χ0) is 15.3. The topological polar surface area (TPSA) is 65.5 Å². The summed E-state index contributed by atoms with van der Waals surface area (Å²) < 4.78 is 35.3. The predicted octanol–water partition coefficient (Wildman–Crippen LogP) is 1.09. The Labute approximate surface area is 120 Å². The van der Waals surface area contributed by atoms with Crippen molar-refractivity contribution in [2.45, 2.75) is 50.7 Å². The monoisotopic (exact) mass is 297 g/mol. The number of pyridine rings is 1. The first-order valence-electron chi connectivity index (χ1n) is 6.46. The summed E-state index contributed by atoms with van der Waals surface area (Å²) >= 11 is 0. The van der Waals surface area contributed by atoms with E-state index in [1.54, 1.807) is 19.2 Å². The highest BCUT2D eigenvalue weighted by atomic mass is 32.2. The number of sulfone groups is 1. The van der Waals surface area contributed by atoms with Gasteiger partial charge in [0.25, 0.3) is 0 Å². The summed E-state index contributed by atoms with van der Waals surface area (Å²) in [5.74, 6) is 0. The fraction of sp³-hybridized carbons (Fsp3) is 0.615. The van der Waals surface area contributed by atoms with Gasteiger partial charge in [0.1, 0.15) is 0 Å². The van der Waals surface area contributed by atoms with Crippen LogP contribution < -0.4 is 5.46 Å². The molecule has 0 saturated carbocycles. The first kappa shape index (κ1) is 15.5. The zero-order valence-electron chi connectivity index (χ0n) is 12.7. The van der Waals surface area contributed by atoms with Crippen molar-refractivity contribution in [3.05, 3.63) is 18.0 Å². The van der Waals surface area contributed by atoms with Crippen LogP contribution in [0.4, 0.5) is 0 Å². The van der Waals surface area contributed by atoms with Crippen LogP contribution in [0.3, 0.4) is 0 Å². The first-order valence-corrected chi connectivity index (χ1v) is 8.35. The van der Waals surface area contributed by atoms with Gasteiger partial charge in [-0.15, -0.1) is 0 Å². The zero-order valence-corrected chi connectivity index (χ0v) is 13.5. The third-order valence-corrected chi connectivity index (χ3v) is 5.20. The molecule has 0 aromatic carbocycles. The van der Waals surface area contributed by atoms with Crippen molar-refractivity contribution in [2.75, 3.05) is 6.26 Å². The molecule has 0 unspecified atom stereocenters. The molecule has 0 radical (unpaired) electrons. The maximum absolute atomic E-state index is 11.8. The Bertz CT molecular complexity index is 624. The molecule has 0 N–H and O–H groups in total. The first-order chi connectivity index (χ1) is 8.94. The van der Waals surface area contributed by atoms with Gasteiger partial charge in [-0.05, 0) is 40.7 Å². The third-order valence-electron chi connectivity index (χ3n) is 3.99. The van der Waals surface area contributed by atoms with Gasteiger partial charge in [0.2, 0.25) is 0 Å². The van der Waals surface area contributed by atoms with Gasteiger partial charge in [-0.1, -0.05) is 0 Å². The van der Waals surface area contributed by atoms with Crippen LogP contribution in [0.25, 0.3) is 0 Å². The maximum atomic E-state index is 11.8. The fourth-order valence-electron chi connectivity index (χ4n) is 2.01. The Morgan fingerprint density at radius 1 is 1.15 bits per heavy atom. The molecule has 0 bridgehead atoms. The molecule has 1 fully saturated rings. The molecule has 1 aliphatic rings. The van der Waals surface area contributed by atoms with Gasteiger partial charge in [-0.2, -0.15) is 0 Å². The quantitative estimate of drug-likeness (QED) is 0.765. The van der Waals surface area contributed by atoms with Crippen LogP contribution in [0.5, 0.6) is 0 Å². The summed E-state index contributed by atoms with van der Waals surface area (Å²) in [4.78, 5) is 4.36.